The molecule has 1 aliphatic heterocycles. The Labute approximate surface area is 204 Å². The molecule has 182 valence electrons. The highest BCUT2D eigenvalue weighted by Crippen LogP contribution is 2.23. The molecule has 1 saturated heterocycles. The van der Waals surface area contributed by atoms with Gasteiger partial charge in [-0.05, 0) is 75.9 Å². The van der Waals surface area contributed by atoms with Crippen LogP contribution in [0.15, 0.2) is 35.9 Å². The normalized spacial score (nSPS) is 17.9. The van der Waals surface area contributed by atoms with Gasteiger partial charge in [0, 0.05) is 37.6 Å². The third-order valence-corrected chi connectivity index (χ3v) is 6.91. The Bertz CT molecular complexity index is 1060. The van der Waals surface area contributed by atoms with E-state index in [1.54, 1.807) is 13.2 Å². The number of ether oxygens (including phenoxy) is 1. The van der Waals surface area contributed by atoms with Crippen LogP contribution in [0.1, 0.15) is 67.2 Å². The summed E-state index contributed by atoms with van der Waals surface area (Å²) >= 11 is 0. The maximum atomic E-state index is 12.9. The first-order valence-corrected chi connectivity index (χ1v) is 12.2. The number of amides is 1. The second-order valence-corrected chi connectivity index (χ2v) is 9.44. The van der Waals surface area contributed by atoms with Gasteiger partial charge in [-0.15, -0.1) is 0 Å². The summed E-state index contributed by atoms with van der Waals surface area (Å²) in [6.45, 7) is 11.4. The lowest BCUT2D eigenvalue weighted by atomic mass is 10.0. The van der Waals surface area contributed by atoms with Crippen LogP contribution in [-0.2, 0) is 22.6 Å². The fourth-order valence-corrected chi connectivity index (χ4v) is 5.01. The van der Waals surface area contributed by atoms with Gasteiger partial charge >= 0.3 is 0 Å². The first kappa shape index (κ1) is 25.7. The number of carbonyl (C=O) groups excluding carboxylic acids is 1. The molecule has 0 bridgehead atoms. The quantitative estimate of drug-likeness (QED) is 0.425. The highest BCUT2D eigenvalue weighted by Gasteiger charge is 2.20. The van der Waals surface area contributed by atoms with E-state index in [0.717, 1.165) is 35.6 Å². The summed E-state index contributed by atoms with van der Waals surface area (Å²) < 4.78 is 7.48. The molecule has 1 amide bonds. The monoisotopic (exact) mass is 462 g/mol. The second kappa shape index (κ2) is 12.0. The van der Waals surface area contributed by atoms with Crippen molar-refractivity contribution >= 4 is 12.0 Å². The summed E-state index contributed by atoms with van der Waals surface area (Å²) in [6, 6.07) is 13.1. The van der Waals surface area contributed by atoms with E-state index >= 15 is 0 Å². The zero-order valence-electron chi connectivity index (χ0n) is 21.2. The van der Waals surface area contributed by atoms with Crippen LogP contribution in [0.25, 0.3) is 6.08 Å². The minimum atomic E-state index is -0.349. The Morgan fingerprint density at radius 3 is 2.71 bits per heavy atom. The third kappa shape index (κ3) is 6.16. The molecule has 0 spiro atoms. The van der Waals surface area contributed by atoms with Gasteiger partial charge in [0.05, 0.1) is 12.6 Å². The number of hydrogen-bond donors (Lipinski definition) is 1. The van der Waals surface area contributed by atoms with E-state index < -0.39 is 0 Å². The first-order valence-electron chi connectivity index (χ1n) is 12.2. The molecule has 6 nitrogen and oxygen atoms in total. The van der Waals surface area contributed by atoms with Crippen molar-refractivity contribution in [3.8, 4) is 6.07 Å². The molecule has 2 aromatic rings. The molecule has 1 aliphatic rings. The second-order valence-electron chi connectivity index (χ2n) is 9.44. The van der Waals surface area contributed by atoms with Gasteiger partial charge < -0.3 is 14.6 Å². The Balaban J connectivity index is 1.72. The zero-order chi connectivity index (χ0) is 24.7. The van der Waals surface area contributed by atoms with E-state index in [4.69, 9.17) is 4.74 Å². The fraction of sp³-hybridized carbons (Fsp3) is 0.500. The van der Waals surface area contributed by atoms with Crippen molar-refractivity contribution < 1.29 is 9.53 Å². The van der Waals surface area contributed by atoms with Crippen LogP contribution in [0.2, 0.25) is 0 Å². The van der Waals surface area contributed by atoms with Crippen LogP contribution in [-0.4, -0.2) is 41.7 Å². The molecular weight excluding hydrogens is 424 g/mol. The number of piperidine rings is 1. The van der Waals surface area contributed by atoms with Crippen molar-refractivity contribution in [3.63, 3.8) is 0 Å². The summed E-state index contributed by atoms with van der Waals surface area (Å²) in [4.78, 5) is 15.4. The number of aryl methyl sites for hydroxylation is 1. The van der Waals surface area contributed by atoms with Crippen LogP contribution < -0.4 is 5.32 Å². The van der Waals surface area contributed by atoms with Crippen LogP contribution in [0, 0.1) is 25.2 Å². The van der Waals surface area contributed by atoms with Gasteiger partial charge in [0.15, 0.2) is 0 Å². The first-order chi connectivity index (χ1) is 16.3. The van der Waals surface area contributed by atoms with Crippen molar-refractivity contribution in [1.29, 1.82) is 5.26 Å². The number of nitrogens with zero attached hydrogens (tertiary/aromatic N) is 3. The van der Waals surface area contributed by atoms with Gasteiger partial charge in [0.1, 0.15) is 11.6 Å². The molecule has 1 N–H and O–H groups in total. The molecule has 1 aromatic carbocycles. The highest BCUT2D eigenvalue weighted by atomic mass is 16.5. The predicted molar refractivity (Wildman–Crippen MR) is 136 cm³/mol. The molecule has 0 aliphatic carbocycles. The number of hydrogen-bond acceptors (Lipinski definition) is 4. The number of nitriles is 1. The predicted octanol–water partition coefficient (Wildman–Crippen LogP) is 4.91. The Hall–Kier alpha value is -2.88. The molecule has 6 heteroatoms. The average Bonchev–Trinajstić information content (AvgIpc) is 3.10. The largest absolute Gasteiger partial charge is 0.383 e. The number of methoxy groups -OCH3 is 1. The lowest BCUT2D eigenvalue weighted by Crippen LogP contribution is -2.37. The molecular formula is C28H38N4O2. The molecule has 2 unspecified atom stereocenters. The molecule has 0 saturated carbocycles. The highest BCUT2D eigenvalue weighted by molar-refractivity contribution is 6.01. The van der Waals surface area contributed by atoms with E-state index in [1.165, 1.54) is 24.8 Å². The Morgan fingerprint density at radius 1 is 1.29 bits per heavy atom. The number of likely N-dealkylation sites (tertiary alicyclic amines) is 1. The minimum absolute atomic E-state index is 0.113. The van der Waals surface area contributed by atoms with Gasteiger partial charge in [-0.1, -0.05) is 30.7 Å². The van der Waals surface area contributed by atoms with E-state index in [0.29, 0.717) is 19.2 Å². The molecule has 3 rings (SSSR count). The molecule has 34 heavy (non-hydrogen) atoms. The summed E-state index contributed by atoms with van der Waals surface area (Å²) in [7, 11) is 1.69. The van der Waals surface area contributed by atoms with Crippen molar-refractivity contribution in [3.05, 3.63) is 64.0 Å². The lowest BCUT2D eigenvalue weighted by Gasteiger charge is -2.33. The fourth-order valence-electron chi connectivity index (χ4n) is 5.01. The molecule has 2 atom stereocenters. The summed E-state index contributed by atoms with van der Waals surface area (Å²) in [5.41, 5.74) is 5.41. The zero-order valence-corrected chi connectivity index (χ0v) is 21.2. The maximum absolute atomic E-state index is 12.9. The van der Waals surface area contributed by atoms with Crippen molar-refractivity contribution in [2.75, 3.05) is 20.3 Å². The number of rotatable bonds is 9. The van der Waals surface area contributed by atoms with Crippen LogP contribution >= 0.6 is 0 Å². The third-order valence-electron chi connectivity index (χ3n) is 6.91. The minimum Gasteiger partial charge on any atom is -0.383 e. The number of benzene rings is 1. The standard InChI is InChI=1S/C28H38N4O2/c1-20-10-8-9-13-31(20)18-25-12-7-6-11-24(25)17-30-28(33)27(16-29)15-26-14-21(2)32(23(26)4)22(3)19-34-5/h6-7,11-12,14-15,20,22H,8-10,13,17-19H2,1-5H3,(H,30,33)/b27-15+. The van der Waals surface area contributed by atoms with Crippen molar-refractivity contribution in [2.45, 2.75) is 72.1 Å². The van der Waals surface area contributed by atoms with Crippen LogP contribution in [0.5, 0.6) is 0 Å². The van der Waals surface area contributed by atoms with Gasteiger partial charge in [0.25, 0.3) is 5.91 Å². The molecule has 1 aromatic heterocycles. The maximum Gasteiger partial charge on any atom is 0.262 e. The van der Waals surface area contributed by atoms with Crippen LogP contribution in [0.3, 0.4) is 0 Å². The number of aromatic nitrogens is 1. The Kier molecular flexibility index (Phi) is 9.09. The topological polar surface area (TPSA) is 70.3 Å². The van der Waals surface area contributed by atoms with E-state index in [1.807, 2.05) is 26.0 Å². The summed E-state index contributed by atoms with van der Waals surface area (Å²) in [5.74, 6) is -0.349. The molecule has 2 heterocycles. The van der Waals surface area contributed by atoms with Gasteiger partial charge in [-0.3, -0.25) is 9.69 Å². The lowest BCUT2D eigenvalue weighted by molar-refractivity contribution is -0.117. The van der Waals surface area contributed by atoms with E-state index in [9.17, 15) is 10.1 Å². The average molecular weight is 463 g/mol. The van der Waals surface area contributed by atoms with Crippen molar-refractivity contribution in [1.82, 2.24) is 14.8 Å². The smallest absolute Gasteiger partial charge is 0.262 e. The van der Waals surface area contributed by atoms with E-state index in [-0.39, 0.29) is 17.5 Å². The van der Waals surface area contributed by atoms with Gasteiger partial charge in [0.2, 0.25) is 0 Å². The van der Waals surface area contributed by atoms with Crippen molar-refractivity contribution in [2.24, 2.45) is 0 Å². The number of carbonyl (C=O) groups is 1. The SMILES string of the molecule is COCC(C)n1c(C)cc(/C=C(\C#N)C(=O)NCc2ccccc2CN2CCCCC2C)c1C. The van der Waals surface area contributed by atoms with Gasteiger partial charge in [-0.25, -0.2) is 0 Å². The van der Waals surface area contributed by atoms with E-state index in [2.05, 4.69) is 52.9 Å². The summed E-state index contributed by atoms with van der Waals surface area (Å²) in [5, 5.41) is 12.7. The van der Waals surface area contributed by atoms with Gasteiger partial charge in [-0.2, -0.15) is 5.26 Å². The Morgan fingerprint density at radius 2 is 2.03 bits per heavy atom. The number of nitrogens with one attached hydrogen (secondary N) is 1. The molecule has 1 fully saturated rings. The van der Waals surface area contributed by atoms with Crippen LogP contribution in [0.4, 0.5) is 0 Å². The molecule has 0 radical (unpaired) electrons. The summed E-state index contributed by atoms with van der Waals surface area (Å²) in [6.07, 6.45) is 5.46.